The Morgan fingerprint density at radius 2 is 1.66 bits per heavy atom. The largest absolute Gasteiger partial charge is 0.492 e. The molecule has 0 atom stereocenters. The van der Waals surface area contributed by atoms with E-state index >= 15 is 0 Å². The van der Waals surface area contributed by atoms with Gasteiger partial charge in [-0.1, -0.05) is 19.1 Å². The van der Waals surface area contributed by atoms with Crippen LogP contribution in [0.5, 0.6) is 5.75 Å². The van der Waals surface area contributed by atoms with Crippen LogP contribution in [0.4, 0.5) is 11.4 Å². The number of nitrogens with one attached hydrogen (secondary N) is 1. The molecule has 0 spiro atoms. The number of hydrogen-bond acceptors (Lipinski definition) is 5. The van der Waals surface area contributed by atoms with E-state index in [1.165, 1.54) is 16.4 Å². The van der Waals surface area contributed by atoms with Crippen molar-refractivity contribution in [3.8, 4) is 5.75 Å². The fraction of sp³-hybridized carbons (Fsp3) is 0.381. The van der Waals surface area contributed by atoms with Crippen LogP contribution in [0, 0.1) is 0 Å². The number of rotatable bonds is 7. The lowest BCUT2D eigenvalue weighted by Crippen LogP contribution is -2.48. The summed E-state index contributed by atoms with van der Waals surface area (Å²) in [6.45, 7) is 6.27. The van der Waals surface area contributed by atoms with Gasteiger partial charge < -0.3 is 15.0 Å². The summed E-state index contributed by atoms with van der Waals surface area (Å²) in [7, 11) is -3.58. The summed E-state index contributed by atoms with van der Waals surface area (Å²) in [6, 6.07) is 14.1. The number of ether oxygens (including phenoxy) is 1. The molecule has 156 valence electrons. The number of hydrogen-bond donors (Lipinski definition) is 1. The van der Waals surface area contributed by atoms with Gasteiger partial charge in [-0.05, 0) is 43.3 Å². The molecule has 0 aromatic heterocycles. The predicted octanol–water partition coefficient (Wildman–Crippen LogP) is 2.94. The first-order valence-corrected chi connectivity index (χ1v) is 11.3. The molecule has 0 bridgehead atoms. The molecular weight excluding hydrogens is 390 g/mol. The van der Waals surface area contributed by atoms with Gasteiger partial charge in [-0.15, -0.1) is 0 Å². The highest BCUT2D eigenvalue weighted by Gasteiger charge is 2.29. The quantitative estimate of drug-likeness (QED) is 0.749. The van der Waals surface area contributed by atoms with Crippen LogP contribution in [-0.4, -0.2) is 51.4 Å². The molecule has 1 saturated heterocycles. The molecule has 2 aromatic carbocycles. The summed E-state index contributed by atoms with van der Waals surface area (Å²) in [6.07, 6.45) is 0.372. The van der Waals surface area contributed by atoms with Crippen molar-refractivity contribution >= 4 is 27.3 Å². The molecule has 8 heteroatoms. The van der Waals surface area contributed by atoms with E-state index in [2.05, 4.69) is 10.2 Å². The summed E-state index contributed by atoms with van der Waals surface area (Å²) in [5.74, 6) is 0.708. The molecule has 1 aliphatic heterocycles. The Hall–Kier alpha value is -2.58. The molecule has 1 N–H and O–H groups in total. The first-order valence-electron chi connectivity index (χ1n) is 9.82. The average Bonchev–Trinajstić information content (AvgIpc) is 2.75. The lowest BCUT2D eigenvalue weighted by Gasteiger charge is -2.36. The summed E-state index contributed by atoms with van der Waals surface area (Å²) in [5.41, 5.74) is 1.58. The minimum absolute atomic E-state index is 0.107. The second-order valence-corrected chi connectivity index (χ2v) is 8.66. The van der Waals surface area contributed by atoms with Gasteiger partial charge >= 0.3 is 0 Å². The molecule has 29 heavy (non-hydrogen) atoms. The number of sulfonamides is 1. The standard InChI is InChI=1S/C21H27N3O4S/c1-3-21(25)22-17-9-11-18(12-10-17)29(26,27)24-15-13-23(14-16-24)19-7-5-6-8-20(19)28-4-2/h5-12H,3-4,13-16H2,1-2H3,(H,22,25). The Morgan fingerprint density at radius 3 is 2.28 bits per heavy atom. The van der Waals surface area contributed by atoms with E-state index in [0.29, 0.717) is 44.9 Å². The molecule has 3 rings (SSSR count). The zero-order valence-electron chi connectivity index (χ0n) is 16.8. The van der Waals surface area contributed by atoms with Crippen molar-refractivity contribution in [3.63, 3.8) is 0 Å². The highest BCUT2D eigenvalue weighted by atomic mass is 32.2. The van der Waals surface area contributed by atoms with Gasteiger partial charge in [-0.25, -0.2) is 8.42 Å². The fourth-order valence-electron chi connectivity index (χ4n) is 3.27. The molecule has 1 heterocycles. The lowest BCUT2D eigenvalue weighted by atomic mass is 10.2. The second-order valence-electron chi connectivity index (χ2n) is 6.72. The van der Waals surface area contributed by atoms with Crippen LogP contribution in [0.15, 0.2) is 53.4 Å². The smallest absolute Gasteiger partial charge is 0.243 e. The molecule has 0 unspecified atom stereocenters. The van der Waals surface area contributed by atoms with Gasteiger partial charge in [0.25, 0.3) is 0 Å². The normalized spacial score (nSPS) is 15.2. The van der Waals surface area contributed by atoms with Gasteiger partial charge in [0.05, 0.1) is 17.2 Å². The summed E-state index contributed by atoms with van der Waals surface area (Å²) in [5, 5.41) is 2.72. The Morgan fingerprint density at radius 1 is 1.00 bits per heavy atom. The van der Waals surface area contributed by atoms with Gasteiger partial charge in [0, 0.05) is 38.3 Å². The number of para-hydroxylation sites is 2. The predicted molar refractivity (Wildman–Crippen MR) is 114 cm³/mol. The Labute approximate surface area is 172 Å². The zero-order chi connectivity index (χ0) is 20.9. The van der Waals surface area contributed by atoms with Crippen molar-refractivity contribution in [1.29, 1.82) is 0 Å². The first-order chi connectivity index (χ1) is 14.0. The van der Waals surface area contributed by atoms with Crippen LogP contribution >= 0.6 is 0 Å². The van der Waals surface area contributed by atoms with E-state index in [1.807, 2.05) is 31.2 Å². The molecule has 1 fully saturated rings. The van der Waals surface area contributed by atoms with Crippen molar-refractivity contribution in [3.05, 3.63) is 48.5 Å². The summed E-state index contributed by atoms with van der Waals surface area (Å²) in [4.78, 5) is 13.9. The number of carbonyl (C=O) groups excluding carboxylic acids is 1. The third-order valence-corrected chi connectivity index (χ3v) is 6.75. The van der Waals surface area contributed by atoms with Gasteiger partial charge in [0.15, 0.2) is 0 Å². The third-order valence-electron chi connectivity index (χ3n) is 4.84. The first kappa shape index (κ1) is 21.1. The number of benzene rings is 2. The number of carbonyl (C=O) groups is 1. The Balaban J connectivity index is 1.68. The van der Waals surface area contributed by atoms with Crippen LogP contribution in [0.2, 0.25) is 0 Å². The molecule has 1 aliphatic rings. The third kappa shape index (κ3) is 4.89. The van der Waals surface area contributed by atoms with Crippen molar-refractivity contribution in [2.75, 3.05) is 43.0 Å². The second kappa shape index (κ2) is 9.28. The van der Waals surface area contributed by atoms with Crippen molar-refractivity contribution in [2.45, 2.75) is 25.2 Å². The zero-order valence-corrected chi connectivity index (χ0v) is 17.6. The van der Waals surface area contributed by atoms with E-state index in [9.17, 15) is 13.2 Å². The fourth-order valence-corrected chi connectivity index (χ4v) is 4.70. The summed E-state index contributed by atoms with van der Waals surface area (Å²) >= 11 is 0. The highest BCUT2D eigenvalue weighted by Crippen LogP contribution is 2.29. The van der Waals surface area contributed by atoms with E-state index in [-0.39, 0.29) is 10.8 Å². The molecule has 0 saturated carbocycles. The average molecular weight is 418 g/mol. The molecular formula is C21H27N3O4S. The topological polar surface area (TPSA) is 79.0 Å². The van der Waals surface area contributed by atoms with E-state index < -0.39 is 10.0 Å². The number of nitrogens with zero attached hydrogens (tertiary/aromatic N) is 2. The number of anilines is 2. The number of amides is 1. The maximum atomic E-state index is 13.0. The molecule has 1 amide bonds. The van der Waals surface area contributed by atoms with Crippen molar-refractivity contribution in [2.24, 2.45) is 0 Å². The minimum atomic E-state index is -3.58. The maximum Gasteiger partial charge on any atom is 0.243 e. The minimum Gasteiger partial charge on any atom is -0.492 e. The monoisotopic (exact) mass is 417 g/mol. The van der Waals surface area contributed by atoms with E-state index in [0.717, 1.165) is 11.4 Å². The Kier molecular flexibility index (Phi) is 6.76. The van der Waals surface area contributed by atoms with E-state index in [4.69, 9.17) is 4.74 Å². The van der Waals surface area contributed by atoms with Crippen molar-refractivity contribution < 1.29 is 17.9 Å². The van der Waals surface area contributed by atoms with Gasteiger partial charge in [-0.2, -0.15) is 4.31 Å². The number of piperazine rings is 1. The molecule has 2 aromatic rings. The van der Waals surface area contributed by atoms with Gasteiger partial charge in [0.2, 0.25) is 15.9 Å². The summed E-state index contributed by atoms with van der Waals surface area (Å²) < 4.78 is 33.2. The van der Waals surface area contributed by atoms with Gasteiger partial charge in [0.1, 0.15) is 5.75 Å². The molecule has 7 nitrogen and oxygen atoms in total. The SMILES string of the molecule is CCOc1ccccc1N1CCN(S(=O)(=O)c2ccc(NC(=O)CC)cc2)CC1. The Bertz CT molecular complexity index is 937. The van der Waals surface area contributed by atoms with Crippen LogP contribution in [0.1, 0.15) is 20.3 Å². The van der Waals surface area contributed by atoms with Gasteiger partial charge in [-0.3, -0.25) is 4.79 Å². The highest BCUT2D eigenvalue weighted by molar-refractivity contribution is 7.89. The maximum absolute atomic E-state index is 13.0. The lowest BCUT2D eigenvalue weighted by molar-refractivity contribution is -0.115. The molecule has 0 radical (unpaired) electrons. The van der Waals surface area contributed by atoms with Crippen LogP contribution in [-0.2, 0) is 14.8 Å². The molecule has 0 aliphatic carbocycles. The van der Waals surface area contributed by atoms with Crippen LogP contribution in [0.25, 0.3) is 0 Å². The van der Waals surface area contributed by atoms with Crippen LogP contribution in [0.3, 0.4) is 0 Å². The van der Waals surface area contributed by atoms with Crippen molar-refractivity contribution in [1.82, 2.24) is 4.31 Å². The van der Waals surface area contributed by atoms with E-state index in [1.54, 1.807) is 19.1 Å². The van der Waals surface area contributed by atoms with Crippen LogP contribution < -0.4 is 15.0 Å².